The molecule has 50 heavy (non-hydrogen) atoms. The average Bonchev–Trinajstić information content (AvgIpc) is 3.55. The van der Waals surface area contributed by atoms with Crippen molar-refractivity contribution in [2.45, 2.75) is 73.3 Å². The number of esters is 3. The molecule has 1 aliphatic heterocycles. The smallest absolute Gasteiger partial charge is 0.347 e. The number of nitrogens with zero attached hydrogens (tertiary/aromatic N) is 2. The van der Waals surface area contributed by atoms with Crippen molar-refractivity contribution in [2.24, 2.45) is 0 Å². The number of anilines is 1. The molecule has 265 valence electrons. The van der Waals surface area contributed by atoms with Crippen molar-refractivity contribution in [1.82, 2.24) is 15.2 Å². The number of aromatic nitrogens is 1. The summed E-state index contributed by atoms with van der Waals surface area (Å²) in [6.07, 6.45) is -0.938. The highest BCUT2D eigenvalue weighted by Crippen LogP contribution is 2.39. The van der Waals surface area contributed by atoms with Crippen LogP contribution in [0.4, 0.5) is 5.69 Å². The lowest BCUT2D eigenvalue weighted by molar-refractivity contribution is -0.177. The quantitative estimate of drug-likeness (QED) is 0.135. The van der Waals surface area contributed by atoms with E-state index in [1.807, 2.05) is 25.1 Å². The van der Waals surface area contributed by atoms with Crippen molar-refractivity contribution >= 4 is 47.1 Å². The molecule has 4 rings (SSSR count). The second kappa shape index (κ2) is 16.9. The monoisotopic (exact) mass is 685 g/mol. The number of H-pyrrole nitrogens is 1. The summed E-state index contributed by atoms with van der Waals surface area (Å²) in [5, 5.41) is 2.99. The molecule has 0 spiro atoms. The number of carbonyl (C=O) groups excluding carboxylic acids is 5. The number of fused-ring (bicyclic) bond motifs is 1. The van der Waals surface area contributed by atoms with Crippen LogP contribution in [0.2, 0.25) is 0 Å². The predicted molar refractivity (Wildman–Crippen MR) is 188 cm³/mol. The second-order valence-corrected chi connectivity index (χ2v) is 12.1. The summed E-state index contributed by atoms with van der Waals surface area (Å²) in [6.45, 7) is 15.0. The van der Waals surface area contributed by atoms with Crippen molar-refractivity contribution < 1.29 is 38.2 Å². The lowest BCUT2D eigenvalue weighted by atomic mass is 10.0. The van der Waals surface area contributed by atoms with Crippen LogP contribution in [-0.4, -0.2) is 84.0 Å². The number of benzene rings is 2. The molecule has 1 aliphatic rings. The van der Waals surface area contributed by atoms with Gasteiger partial charge in [0, 0.05) is 30.0 Å². The van der Waals surface area contributed by atoms with Gasteiger partial charge >= 0.3 is 17.9 Å². The minimum absolute atomic E-state index is 0.0138. The number of aryl methyl sites for hydroxylation is 1. The van der Waals surface area contributed by atoms with Gasteiger partial charge in [0.25, 0.3) is 11.8 Å². The van der Waals surface area contributed by atoms with Gasteiger partial charge in [-0.3, -0.25) is 14.5 Å². The highest BCUT2D eigenvalue weighted by Gasteiger charge is 2.40. The zero-order chi connectivity index (χ0) is 36.5. The summed E-state index contributed by atoms with van der Waals surface area (Å²) < 4.78 is 15.8. The Kier molecular flexibility index (Phi) is 12.7. The molecule has 0 saturated heterocycles. The van der Waals surface area contributed by atoms with Crippen LogP contribution in [0.1, 0.15) is 73.1 Å². The molecule has 0 fully saturated rings. The van der Waals surface area contributed by atoms with Gasteiger partial charge in [-0.1, -0.05) is 50.2 Å². The van der Waals surface area contributed by atoms with Crippen LogP contribution in [0.25, 0.3) is 11.6 Å². The molecule has 2 heterocycles. The molecule has 0 unspecified atom stereocenters. The summed E-state index contributed by atoms with van der Waals surface area (Å²) in [7, 11) is 0. The fraction of sp³-hybridized carbons (Fsp3) is 0.395. The first-order valence-corrected chi connectivity index (χ1v) is 16.7. The van der Waals surface area contributed by atoms with Crippen LogP contribution in [0.3, 0.4) is 0 Å². The average molecular weight is 686 g/mol. The number of carbonyl (C=O) groups is 5. The van der Waals surface area contributed by atoms with Crippen molar-refractivity contribution in [3.05, 3.63) is 88.2 Å². The normalized spacial score (nSPS) is 15.0. The van der Waals surface area contributed by atoms with Gasteiger partial charge in [-0.15, -0.1) is 0 Å². The van der Waals surface area contributed by atoms with E-state index in [0.717, 1.165) is 25.2 Å². The molecule has 2 aromatic carbocycles. The standard InChI is InChI=1S/C38H45N4O8/c1-8-41(9-2)20-19-39-34(43)33-23(3)31(40-24(33)4)21-30-29-17-13-14-18-32(29)42(35(30)44)25(5)36(45)49-27(7)38(47)50-26(6)37(46)48-22-28-15-11-10-12-16-28/h10-12,14-18,21,25-27,40H,8-9,19-20,22H2,1-7H3,(H,39,43)/b30-21-/t25-,26-,27-/m0/s1. The van der Waals surface area contributed by atoms with Gasteiger partial charge in [0.1, 0.15) is 12.6 Å². The number of likely N-dealkylation sites (N-methyl/N-ethyl adjacent to an activating group) is 1. The van der Waals surface area contributed by atoms with E-state index in [-0.39, 0.29) is 12.5 Å². The molecule has 0 bridgehead atoms. The SMILES string of the molecule is CCN(CC)CCNC(=O)c1c(C)[nH]c(/C=C2\C(=O)N([C@@H](C)C(=O)O[C@@H](C)C(=O)O[C@@H](C)C(=O)OCc3ccccc3)c3cc[c]cc32)c1C. The molecule has 12 heteroatoms. The van der Waals surface area contributed by atoms with Gasteiger partial charge in [-0.05, 0) is 83.1 Å². The molecule has 2 N–H and O–H groups in total. The largest absolute Gasteiger partial charge is 0.458 e. The maximum Gasteiger partial charge on any atom is 0.347 e. The van der Waals surface area contributed by atoms with Crippen LogP contribution in [0.15, 0.2) is 48.5 Å². The Morgan fingerprint density at radius 1 is 0.960 bits per heavy atom. The maximum absolute atomic E-state index is 13.9. The molecule has 0 aliphatic carbocycles. The minimum Gasteiger partial charge on any atom is -0.458 e. The van der Waals surface area contributed by atoms with E-state index in [9.17, 15) is 24.0 Å². The van der Waals surface area contributed by atoms with Gasteiger partial charge in [-0.25, -0.2) is 14.4 Å². The molecular weight excluding hydrogens is 640 g/mol. The Bertz CT molecular complexity index is 1740. The van der Waals surface area contributed by atoms with E-state index in [1.165, 1.54) is 25.7 Å². The van der Waals surface area contributed by atoms with Crippen molar-refractivity contribution in [3.8, 4) is 0 Å². The van der Waals surface area contributed by atoms with Crippen LogP contribution in [0.5, 0.6) is 0 Å². The first kappa shape index (κ1) is 37.6. The Morgan fingerprint density at radius 2 is 1.62 bits per heavy atom. The van der Waals surface area contributed by atoms with Crippen LogP contribution in [-0.2, 0) is 40.0 Å². The fourth-order valence-corrected chi connectivity index (χ4v) is 5.68. The number of hydrogen-bond donors (Lipinski definition) is 2. The summed E-state index contributed by atoms with van der Waals surface area (Å²) in [4.78, 5) is 72.2. The van der Waals surface area contributed by atoms with Gasteiger partial charge in [0.2, 0.25) is 0 Å². The zero-order valence-electron chi connectivity index (χ0n) is 29.6. The second-order valence-electron chi connectivity index (χ2n) is 12.1. The molecule has 12 nitrogen and oxygen atoms in total. The van der Waals surface area contributed by atoms with E-state index < -0.39 is 42.1 Å². The first-order chi connectivity index (χ1) is 23.9. The molecular formula is C38H45N4O8. The third-order valence-corrected chi connectivity index (χ3v) is 8.64. The topological polar surface area (TPSA) is 147 Å². The summed E-state index contributed by atoms with van der Waals surface area (Å²) >= 11 is 0. The van der Waals surface area contributed by atoms with E-state index in [2.05, 4.69) is 35.1 Å². The number of hydrogen-bond acceptors (Lipinski definition) is 9. The van der Waals surface area contributed by atoms with Crippen LogP contribution >= 0.6 is 0 Å². The number of nitrogens with one attached hydrogen (secondary N) is 2. The van der Waals surface area contributed by atoms with E-state index in [1.54, 1.807) is 43.3 Å². The van der Waals surface area contributed by atoms with E-state index >= 15 is 0 Å². The fourth-order valence-electron chi connectivity index (χ4n) is 5.68. The lowest BCUT2D eigenvalue weighted by Gasteiger charge is -2.25. The maximum atomic E-state index is 13.9. The summed E-state index contributed by atoms with van der Waals surface area (Å²) in [5.41, 5.74) is 4.51. The molecule has 2 amide bonds. The van der Waals surface area contributed by atoms with Gasteiger partial charge < -0.3 is 29.4 Å². The molecule has 1 radical (unpaired) electrons. The number of aromatic amines is 1. The first-order valence-electron chi connectivity index (χ1n) is 16.7. The number of rotatable bonds is 15. The van der Waals surface area contributed by atoms with E-state index in [0.29, 0.717) is 45.9 Å². The Morgan fingerprint density at radius 3 is 2.30 bits per heavy atom. The van der Waals surface area contributed by atoms with Gasteiger partial charge in [-0.2, -0.15) is 0 Å². The van der Waals surface area contributed by atoms with Gasteiger partial charge in [0.05, 0.1) is 16.8 Å². The number of amides is 2. The van der Waals surface area contributed by atoms with Crippen molar-refractivity contribution in [1.29, 1.82) is 0 Å². The molecule has 3 aromatic rings. The predicted octanol–water partition coefficient (Wildman–Crippen LogP) is 4.39. The minimum atomic E-state index is -1.37. The number of ether oxygens (including phenoxy) is 3. The van der Waals surface area contributed by atoms with Crippen LogP contribution in [0, 0.1) is 19.9 Å². The van der Waals surface area contributed by atoms with Crippen LogP contribution < -0.4 is 10.2 Å². The van der Waals surface area contributed by atoms with Gasteiger partial charge in [0.15, 0.2) is 12.2 Å². The Labute approximate surface area is 292 Å². The highest BCUT2D eigenvalue weighted by molar-refractivity contribution is 6.36. The molecule has 0 saturated carbocycles. The molecule has 1 aromatic heterocycles. The summed E-state index contributed by atoms with van der Waals surface area (Å²) in [5.74, 6) is -3.21. The summed E-state index contributed by atoms with van der Waals surface area (Å²) in [6, 6.07) is 15.9. The van der Waals surface area contributed by atoms with E-state index in [4.69, 9.17) is 14.2 Å². The Balaban J connectivity index is 1.43. The highest BCUT2D eigenvalue weighted by atomic mass is 16.6. The zero-order valence-corrected chi connectivity index (χ0v) is 29.6. The van der Waals surface area contributed by atoms with Crippen molar-refractivity contribution in [2.75, 3.05) is 31.1 Å². The molecule has 3 atom stereocenters. The van der Waals surface area contributed by atoms with Crippen molar-refractivity contribution in [3.63, 3.8) is 0 Å². The third kappa shape index (κ3) is 8.67. The Hall–Kier alpha value is -5.23. The third-order valence-electron chi connectivity index (χ3n) is 8.64. The lowest BCUT2D eigenvalue weighted by Crippen LogP contribution is -2.44.